The number of amides is 1. The molecule has 2 N–H and O–H groups in total. The van der Waals surface area contributed by atoms with E-state index < -0.39 is 0 Å². The molecule has 1 amide bonds. The van der Waals surface area contributed by atoms with Crippen molar-refractivity contribution in [1.29, 1.82) is 0 Å². The van der Waals surface area contributed by atoms with E-state index >= 15 is 0 Å². The summed E-state index contributed by atoms with van der Waals surface area (Å²) in [5, 5.41) is 0. The molecular formula is C14H29N3O. The van der Waals surface area contributed by atoms with Gasteiger partial charge in [-0.2, -0.15) is 0 Å². The number of nitrogens with two attached hydrogens (primary N) is 1. The smallest absolute Gasteiger partial charge is 0.226 e. The van der Waals surface area contributed by atoms with Gasteiger partial charge in [0.1, 0.15) is 0 Å². The van der Waals surface area contributed by atoms with Crippen molar-refractivity contribution in [3.8, 4) is 0 Å². The summed E-state index contributed by atoms with van der Waals surface area (Å²) >= 11 is 0. The van der Waals surface area contributed by atoms with Crippen LogP contribution in [0.5, 0.6) is 0 Å². The van der Waals surface area contributed by atoms with E-state index in [0.717, 1.165) is 39.1 Å². The van der Waals surface area contributed by atoms with Crippen molar-refractivity contribution in [2.75, 3.05) is 32.7 Å². The lowest BCUT2D eigenvalue weighted by Crippen LogP contribution is -2.41. The van der Waals surface area contributed by atoms with Crippen LogP contribution in [0.2, 0.25) is 0 Å². The molecule has 0 saturated carbocycles. The number of hydrogen-bond donors (Lipinski definition) is 1. The Bertz CT molecular complexity index is 264. The molecule has 0 aliphatic carbocycles. The van der Waals surface area contributed by atoms with E-state index in [2.05, 4.69) is 18.7 Å². The summed E-state index contributed by atoms with van der Waals surface area (Å²) in [5.74, 6) is 0.804. The summed E-state index contributed by atoms with van der Waals surface area (Å²) in [6.07, 6.45) is 1.13. The summed E-state index contributed by atoms with van der Waals surface area (Å²) < 4.78 is 0. The largest absolute Gasteiger partial charge is 0.342 e. The van der Waals surface area contributed by atoms with Crippen LogP contribution >= 0.6 is 0 Å². The van der Waals surface area contributed by atoms with E-state index in [1.54, 1.807) is 0 Å². The van der Waals surface area contributed by atoms with Gasteiger partial charge in [0, 0.05) is 25.7 Å². The molecule has 3 unspecified atom stereocenters. The number of rotatable bonds is 6. The van der Waals surface area contributed by atoms with Crippen LogP contribution in [0.4, 0.5) is 0 Å². The Kier molecular flexibility index (Phi) is 6.09. The molecule has 0 aromatic heterocycles. The summed E-state index contributed by atoms with van der Waals surface area (Å²) in [6.45, 7) is 13.3. The van der Waals surface area contributed by atoms with Crippen molar-refractivity contribution in [3.05, 3.63) is 0 Å². The molecule has 0 spiro atoms. The number of carbonyl (C=O) groups excluding carboxylic acids is 1. The lowest BCUT2D eigenvalue weighted by Gasteiger charge is -2.25. The molecule has 1 rings (SSSR count). The minimum absolute atomic E-state index is 0.0562. The molecule has 1 aliphatic rings. The number of hydrogen-bond acceptors (Lipinski definition) is 3. The van der Waals surface area contributed by atoms with Gasteiger partial charge in [0.15, 0.2) is 0 Å². The molecule has 0 bridgehead atoms. The molecule has 106 valence electrons. The van der Waals surface area contributed by atoms with Crippen LogP contribution in [0.15, 0.2) is 0 Å². The van der Waals surface area contributed by atoms with Gasteiger partial charge in [0.2, 0.25) is 5.91 Å². The maximum atomic E-state index is 12.2. The standard InChI is InChI=1S/C14H29N3O/c1-5-16(6-2)9-13-7-8-17(10-13)14(18)11(3)12(4)15/h11-13H,5-10,15H2,1-4H3. The Labute approximate surface area is 111 Å². The van der Waals surface area contributed by atoms with Crippen molar-refractivity contribution in [2.45, 2.75) is 40.2 Å². The Morgan fingerprint density at radius 1 is 1.39 bits per heavy atom. The molecule has 3 atom stereocenters. The van der Waals surface area contributed by atoms with E-state index in [0.29, 0.717) is 5.92 Å². The highest BCUT2D eigenvalue weighted by Gasteiger charge is 2.30. The lowest BCUT2D eigenvalue weighted by atomic mass is 10.0. The molecular weight excluding hydrogens is 226 g/mol. The molecule has 0 aromatic rings. The maximum absolute atomic E-state index is 12.2. The fourth-order valence-electron chi connectivity index (χ4n) is 2.54. The predicted molar refractivity (Wildman–Crippen MR) is 75.3 cm³/mol. The molecule has 4 nitrogen and oxygen atoms in total. The number of carbonyl (C=O) groups is 1. The monoisotopic (exact) mass is 255 g/mol. The Hall–Kier alpha value is -0.610. The molecule has 1 aliphatic heterocycles. The quantitative estimate of drug-likeness (QED) is 0.775. The van der Waals surface area contributed by atoms with E-state index in [-0.39, 0.29) is 17.9 Å². The Morgan fingerprint density at radius 3 is 2.50 bits per heavy atom. The fourth-order valence-corrected chi connectivity index (χ4v) is 2.54. The van der Waals surface area contributed by atoms with Gasteiger partial charge in [-0.1, -0.05) is 20.8 Å². The zero-order chi connectivity index (χ0) is 13.7. The third kappa shape index (κ3) is 3.95. The van der Waals surface area contributed by atoms with Crippen molar-refractivity contribution in [3.63, 3.8) is 0 Å². The van der Waals surface area contributed by atoms with Gasteiger partial charge in [-0.05, 0) is 32.4 Å². The van der Waals surface area contributed by atoms with Gasteiger partial charge in [0.05, 0.1) is 5.92 Å². The number of nitrogens with zero attached hydrogens (tertiary/aromatic N) is 2. The number of likely N-dealkylation sites (tertiary alicyclic amines) is 1. The first kappa shape index (κ1) is 15.4. The van der Waals surface area contributed by atoms with E-state index in [4.69, 9.17) is 5.73 Å². The molecule has 1 saturated heterocycles. The molecule has 0 aromatic carbocycles. The second-order valence-corrected chi connectivity index (χ2v) is 5.57. The minimum atomic E-state index is -0.0581. The van der Waals surface area contributed by atoms with Crippen molar-refractivity contribution in [1.82, 2.24) is 9.80 Å². The zero-order valence-electron chi connectivity index (χ0n) is 12.4. The van der Waals surface area contributed by atoms with E-state index in [9.17, 15) is 4.79 Å². The van der Waals surface area contributed by atoms with Crippen molar-refractivity contribution >= 4 is 5.91 Å². The molecule has 1 fully saturated rings. The second-order valence-electron chi connectivity index (χ2n) is 5.57. The first-order valence-corrected chi connectivity index (χ1v) is 7.26. The lowest BCUT2D eigenvalue weighted by molar-refractivity contribution is -0.134. The topological polar surface area (TPSA) is 49.6 Å². The molecule has 4 heteroatoms. The second kappa shape index (κ2) is 7.10. The summed E-state index contributed by atoms with van der Waals surface area (Å²) in [5.41, 5.74) is 5.81. The van der Waals surface area contributed by atoms with Gasteiger partial charge in [-0.3, -0.25) is 4.79 Å². The molecule has 0 radical (unpaired) electrons. The highest BCUT2D eigenvalue weighted by molar-refractivity contribution is 5.79. The zero-order valence-corrected chi connectivity index (χ0v) is 12.4. The average molecular weight is 255 g/mol. The summed E-state index contributed by atoms with van der Waals surface area (Å²) in [6, 6.07) is -0.0562. The highest BCUT2D eigenvalue weighted by Crippen LogP contribution is 2.20. The van der Waals surface area contributed by atoms with Crippen LogP contribution in [0.25, 0.3) is 0 Å². The third-order valence-corrected chi connectivity index (χ3v) is 4.19. The first-order chi connectivity index (χ1) is 8.49. The van der Waals surface area contributed by atoms with Crippen LogP contribution < -0.4 is 5.73 Å². The SMILES string of the molecule is CCN(CC)CC1CCN(C(=O)C(C)C(C)N)C1. The highest BCUT2D eigenvalue weighted by atomic mass is 16.2. The Balaban J connectivity index is 2.43. The van der Waals surface area contributed by atoms with Crippen LogP contribution in [0.3, 0.4) is 0 Å². The van der Waals surface area contributed by atoms with Crippen molar-refractivity contribution in [2.24, 2.45) is 17.6 Å². The Morgan fingerprint density at radius 2 is 2.00 bits per heavy atom. The molecule has 18 heavy (non-hydrogen) atoms. The van der Waals surface area contributed by atoms with Crippen LogP contribution in [0, 0.1) is 11.8 Å². The third-order valence-electron chi connectivity index (χ3n) is 4.19. The van der Waals surface area contributed by atoms with Crippen LogP contribution in [-0.4, -0.2) is 54.5 Å². The predicted octanol–water partition coefficient (Wildman–Crippen LogP) is 1.16. The van der Waals surface area contributed by atoms with Crippen LogP contribution in [0.1, 0.15) is 34.1 Å². The maximum Gasteiger partial charge on any atom is 0.226 e. The normalized spacial score (nSPS) is 23.4. The van der Waals surface area contributed by atoms with E-state index in [1.807, 2.05) is 18.7 Å². The van der Waals surface area contributed by atoms with Crippen molar-refractivity contribution < 1.29 is 4.79 Å². The first-order valence-electron chi connectivity index (χ1n) is 7.26. The minimum Gasteiger partial charge on any atom is -0.342 e. The molecule has 1 heterocycles. The van der Waals surface area contributed by atoms with Gasteiger partial charge in [-0.25, -0.2) is 0 Å². The summed E-state index contributed by atoms with van der Waals surface area (Å²) in [7, 11) is 0. The average Bonchev–Trinajstić information content (AvgIpc) is 2.82. The van der Waals surface area contributed by atoms with Gasteiger partial charge in [-0.15, -0.1) is 0 Å². The van der Waals surface area contributed by atoms with E-state index in [1.165, 1.54) is 0 Å². The van der Waals surface area contributed by atoms with Crippen LogP contribution in [-0.2, 0) is 4.79 Å². The fraction of sp³-hybridized carbons (Fsp3) is 0.929. The summed E-state index contributed by atoms with van der Waals surface area (Å²) in [4.78, 5) is 16.6. The van der Waals surface area contributed by atoms with Gasteiger partial charge in [0.25, 0.3) is 0 Å². The van der Waals surface area contributed by atoms with Gasteiger partial charge < -0.3 is 15.5 Å². The van der Waals surface area contributed by atoms with Gasteiger partial charge >= 0.3 is 0 Å².